The average molecular weight is 107 g/mol. The van der Waals surface area contributed by atoms with Gasteiger partial charge >= 0.3 is 0 Å². The van der Waals surface area contributed by atoms with Crippen LogP contribution in [-0.4, -0.2) is 5.38 Å². The van der Waals surface area contributed by atoms with Gasteiger partial charge in [0.2, 0.25) is 0 Å². The summed E-state index contributed by atoms with van der Waals surface area (Å²) in [6.07, 6.45) is 2.50. The van der Waals surface area contributed by atoms with Crippen molar-refractivity contribution in [2.24, 2.45) is 0 Å². The van der Waals surface area contributed by atoms with E-state index in [0.29, 0.717) is 5.38 Å². The van der Waals surface area contributed by atoms with E-state index in [0.717, 1.165) is 0 Å². The lowest BCUT2D eigenvalue weighted by atomic mass is 11.0. The molecule has 0 unspecified atom stereocenters. The van der Waals surface area contributed by atoms with Crippen molar-refractivity contribution >= 4 is 11.6 Å². The second-order valence-corrected chi connectivity index (χ2v) is 1.79. The van der Waals surface area contributed by atoms with Gasteiger partial charge in [-0.25, -0.2) is 0 Å². The average Bonchev–Trinajstić information content (AvgIpc) is 2.30. The van der Waals surface area contributed by atoms with Crippen LogP contribution in [0.15, 0.2) is 0 Å². The van der Waals surface area contributed by atoms with E-state index in [-0.39, 0.29) is 0 Å². The molecular formula is C5H11Cl. The topological polar surface area (TPSA) is 0 Å². The van der Waals surface area contributed by atoms with E-state index >= 15 is 0 Å². The number of hydrogen-bond acceptors (Lipinski definition) is 0. The maximum absolute atomic E-state index is 5.39. The van der Waals surface area contributed by atoms with Crippen molar-refractivity contribution in [3.8, 4) is 0 Å². The minimum atomic E-state index is 0.556. The predicted octanol–water partition coefficient (Wildman–Crippen LogP) is 2.41. The number of halogens is 1. The van der Waals surface area contributed by atoms with E-state index in [4.69, 9.17) is 11.6 Å². The van der Waals surface area contributed by atoms with Crippen LogP contribution < -0.4 is 0 Å². The van der Waals surface area contributed by atoms with Crippen LogP contribution in [0.1, 0.15) is 26.7 Å². The van der Waals surface area contributed by atoms with Gasteiger partial charge < -0.3 is 0 Å². The van der Waals surface area contributed by atoms with Crippen LogP contribution in [0.4, 0.5) is 0 Å². The van der Waals surface area contributed by atoms with Crippen molar-refractivity contribution in [2.75, 3.05) is 0 Å². The maximum Gasteiger partial charge on any atom is 0.0337 e. The summed E-state index contributed by atoms with van der Waals surface area (Å²) in [5, 5.41) is 0.556. The van der Waals surface area contributed by atoms with Crippen LogP contribution in [0.5, 0.6) is 0 Å². The highest BCUT2D eigenvalue weighted by Crippen LogP contribution is 2.25. The Hall–Kier alpha value is 0.290. The van der Waals surface area contributed by atoms with E-state index in [9.17, 15) is 0 Å². The molecular weight excluding hydrogens is 95.5 g/mol. The van der Waals surface area contributed by atoms with Gasteiger partial charge in [0.1, 0.15) is 0 Å². The largest absolute Gasteiger partial charge is 0.123 e. The monoisotopic (exact) mass is 106 g/mol. The molecule has 0 saturated heterocycles. The first kappa shape index (κ1) is 6.29. The van der Waals surface area contributed by atoms with Gasteiger partial charge in [-0.1, -0.05) is 13.8 Å². The molecule has 0 N–H and O–H groups in total. The Balaban J connectivity index is 0.000000112. The van der Waals surface area contributed by atoms with E-state index in [2.05, 4.69) is 0 Å². The molecule has 0 radical (unpaired) electrons. The first-order valence-electron chi connectivity index (χ1n) is 2.53. The lowest BCUT2D eigenvalue weighted by Crippen LogP contribution is -1.45. The number of rotatable bonds is 0. The molecule has 0 aromatic rings. The molecule has 0 aromatic heterocycles. The molecule has 0 atom stereocenters. The molecule has 1 rings (SSSR count). The molecule has 0 aliphatic heterocycles. The quantitative estimate of drug-likeness (QED) is 0.416. The Morgan fingerprint density at radius 3 is 1.50 bits per heavy atom. The molecule has 1 aliphatic rings. The normalized spacial score (nSPS) is 18.5. The molecule has 1 aliphatic carbocycles. The number of alkyl halides is 1. The molecule has 1 fully saturated rings. The molecule has 1 saturated carbocycles. The molecule has 0 nitrogen and oxygen atoms in total. The summed E-state index contributed by atoms with van der Waals surface area (Å²) < 4.78 is 0. The van der Waals surface area contributed by atoms with E-state index in [1.165, 1.54) is 12.8 Å². The standard InChI is InChI=1S/C3H5Cl.C2H6/c4-3-1-2-3;1-2/h3H,1-2H2;1-2H3. The Bertz CT molecular complexity index is 23.1. The Kier molecular flexibility index (Phi) is 3.65. The highest BCUT2D eigenvalue weighted by atomic mass is 35.5. The van der Waals surface area contributed by atoms with Gasteiger partial charge in [-0.2, -0.15) is 0 Å². The molecule has 0 amide bonds. The summed E-state index contributed by atoms with van der Waals surface area (Å²) >= 11 is 5.39. The molecule has 0 aromatic carbocycles. The van der Waals surface area contributed by atoms with Crippen molar-refractivity contribution in [3.05, 3.63) is 0 Å². The van der Waals surface area contributed by atoms with Crippen LogP contribution >= 0.6 is 11.6 Å². The SMILES string of the molecule is CC.ClC1CC1. The summed E-state index contributed by atoms with van der Waals surface area (Å²) in [5.74, 6) is 0. The van der Waals surface area contributed by atoms with E-state index < -0.39 is 0 Å². The van der Waals surface area contributed by atoms with Gasteiger partial charge in [-0.15, -0.1) is 11.6 Å². The van der Waals surface area contributed by atoms with Crippen molar-refractivity contribution in [3.63, 3.8) is 0 Å². The zero-order chi connectivity index (χ0) is 4.99. The predicted molar refractivity (Wildman–Crippen MR) is 30.2 cm³/mol. The first-order valence-corrected chi connectivity index (χ1v) is 2.97. The Morgan fingerprint density at radius 1 is 1.33 bits per heavy atom. The first-order chi connectivity index (χ1) is 2.89. The van der Waals surface area contributed by atoms with Crippen LogP contribution in [0, 0.1) is 0 Å². The fourth-order valence-corrected chi connectivity index (χ4v) is 0.189. The molecule has 6 heavy (non-hydrogen) atoms. The van der Waals surface area contributed by atoms with Crippen molar-refractivity contribution in [1.82, 2.24) is 0 Å². The minimum Gasteiger partial charge on any atom is -0.123 e. The van der Waals surface area contributed by atoms with Crippen LogP contribution in [0.2, 0.25) is 0 Å². The van der Waals surface area contributed by atoms with Crippen molar-refractivity contribution in [2.45, 2.75) is 32.1 Å². The van der Waals surface area contributed by atoms with Gasteiger partial charge in [0.05, 0.1) is 0 Å². The molecule has 0 spiro atoms. The second kappa shape index (κ2) is 3.48. The maximum atomic E-state index is 5.39. The lowest BCUT2D eigenvalue weighted by Gasteiger charge is -1.50. The third-order valence-electron chi connectivity index (χ3n) is 0.507. The fraction of sp³-hybridized carbons (Fsp3) is 1.00. The van der Waals surface area contributed by atoms with E-state index in [1.807, 2.05) is 13.8 Å². The number of hydrogen-bond donors (Lipinski definition) is 0. The zero-order valence-electron chi connectivity index (χ0n) is 4.37. The van der Waals surface area contributed by atoms with Gasteiger partial charge in [-0.3, -0.25) is 0 Å². The van der Waals surface area contributed by atoms with Crippen molar-refractivity contribution < 1.29 is 0 Å². The molecule has 0 heterocycles. The molecule has 38 valence electrons. The summed E-state index contributed by atoms with van der Waals surface area (Å²) in [6, 6.07) is 0. The lowest BCUT2D eigenvalue weighted by molar-refractivity contribution is 1.50. The van der Waals surface area contributed by atoms with Gasteiger partial charge in [0, 0.05) is 5.38 Å². The van der Waals surface area contributed by atoms with Gasteiger partial charge in [-0.05, 0) is 12.8 Å². The molecule has 1 heteroatoms. The third-order valence-corrected chi connectivity index (χ3v) is 0.943. The summed E-state index contributed by atoms with van der Waals surface area (Å²) in [6.45, 7) is 4.00. The molecule has 0 bridgehead atoms. The van der Waals surface area contributed by atoms with Gasteiger partial charge in [0.15, 0.2) is 0 Å². The fourth-order valence-electron chi connectivity index (χ4n) is 0.0630. The van der Waals surface area contributed by atoms with Gasteiger partial charge in [0.25, 0.3) is 0 Å². The zero-order valence-corrected chi connectivity index (χ0v) is 5.13. The van der Waals surface area contributed by atoms with Crippen LogP contribution in [0.3, 0.4) is 0 Å². The highest BCUT2D eigenvalue weighted by molar-refractivity contribution is 6.22. The summed E-state index contributed by atoms with van der Waals surface area (Å²) in [7, 11) is 0. The smallest absolute Gasteiger partial charge is 0.0337 e. The second-order valence-electron chi connectivity index (χ2n) is 1.17. The summed E-state index contributed by atoms with van der Waals surface area (Å²) in [4.78, 5) is 0. The van der Waals surface area contributed by atoms with Crippen LogP contribution in [-0.2, 0) is 0 Å². The Morgan fingerprint density at radius 2 is 1.50 bits per heavy atom. The van der Waals surface area contributed by atoms with E-state index in [1.54, 1.807) is 0 Å². The van der Waals surface area contributed by atoms with Crippen molar-refractivity contribution in [1.29, 1.82) is 0 Å². The minimum absolute atomic E-state index is 0.556. The van der Waals surface area contributed by atoms with Crippen LogP contribution in [0.25, 0.3) is 0 Å². The Labute approximate surface area is 44.5 Å². The summed E-state index contributed by atoms with van der Waals surface area (Å²) in [5.41, 5.74) is 0. The third kappa shape index (κ3) is 4.29. The highest BCUT2D eigenvalue weighted by Gasteiger charge is 2.15.